The van der Waals surface area contributed by atoms with Gasteiger partial charge in [0.25, 0.3) is 9.05 Å². The Hall–Kier alpha value is -1.11. The summed E-state index contributed by atoms with van der Waals surface area (Å²) in [6.45, 7) is 3.81. The Kier molecular flexibility index (Phi) is 5.98. The van der Waals surface area contributed by atoms with Crippen molar-refractivity contribution in [2.45, 2.75) is 31.3 Å². The Bertz CT molecular complexity index is 582. The number of methoxy groups -OCH3 is 1. The molecule has 0 saturated heterocycles. The van der Waals surface area contributed by atoms with E-state index in [0.29, 0.717) is 12.0 Å². The van der Waals surface area contributed by atoms with Crippen molar-refractivity contribution >= 4 is 25.7 Å². The van der Waals surface area contributed by atoms with Gasteiger partial charge in [-0.3, -0.25) is 0 Å². The van der Waals surface area contributed by atoms with Crippen molar-refractivity contribution in [1.29, 1.82) is 0 Å². The van der Waals surface area contributed by atoms with Crippen LogP contribution in [-0.4, -0.2) is 34.2 Å². The van der Waals surface area contributed by atoms with Crippen molar-refractivity contribution in [2.75, 3.05) is 13.7 Å². The molecule has 112 valence electrons. The molecule has 1 rings (SSSR count). The van der Waals surface area contributed by atoms with Crippen LogP contribution in [0.25, 0.3) is 0 Å². The van der Waals surface area contributed by atoms with E-state index in [-0.39, 0.29) is 17.1 Å². The molecule has 0 aliphatic rings. The van der Waals surface area contributed by atoms with Gasteiger partial charge in [0.1, 0.15) is 6.10 Å². The highest BCUT2D eigenvalue weighted by molar-refractivity contribution is 8.13. The summed E-state index contributed by atoms with van der Waals surface area (Å²) >= 11 is 0. The van der Waals surface area contributed by atoms with E-state index < -0.39 is 21.1 Å². The number of hydrogen-bond acceptors (Lipinski definition) is 5. The molecular formula is C13H17ClO5S. The Labute approximate surface area is 123 Å². The molecule has 5 nitrogen and oxygen atoms in total. The lowest BCUT2D eigenvalue weighted by Gasteiger charge is -2.14. The molecule has 0 heterocycles. The van der Waals surface area contributed by atoms with E-state index in [0.717, 1.165) is 0 Å². The molecule has 0 radical (unpaired) electrons. The lowest BCUT2D eigenvalue weighted by Crippen LogP contribution is -2.20. The molecule has 1 atom stereocenters. The lowest BCUT2D eigenvalue weighted by atomic mass is 10.1. The van der Waals surface area contributed by atoms with Gasteiger partial charge in [-0.05, 0) is 31.0 Å². The molecular weight excluding hydrogens is 304 g/mol. The van der Waals surface area contributed by atoms with Gasteiger partial charge in [-0.15, -0.1) is 0 Å². The fourth-order valence-corrected chi connectivity index (χ4v) is 2.50. The predicted molar refractivity (Wildman–Crippen MR) is 75.6 cm³/mol. The molecule has 20 heavy (non-hydrogen) atoms. The van der Waals surface area contributed by atoms with Gasteiger partial charge < -0.3 is 9.47 Å². The van der Waals surface area contributed by atoms with Crippen molar-refractivity contribution in [3.05, 3.63) is 29.3 Å². The Morgan fingerprint density at radius 1 is 1.40 bits per heavy atom. The summed E-state index contributed by atoms with van der Waals surface area (Å²) in [5.74, 6) is -0.589. The molecule has 0 bridgehead atoms. The average Bonchev–Trinajstić information content (AvgIpc) is 2.37. The van der Waals surface area contributed by atoms with Gasteiger partial charge >= 0.3 is 5.97 Å². The average molecular weight is 321 g/mol. The second-order valence-corrected chi connectivity index (χ2v) is 6.85. The molecule has 1 aromatic rings. The van der Waals surface area contributed by atoms with Crippen LogP contribution in [-0.2, 0) is 24.9 Å². The lowest BCUT2D eigenvalue weighted by molar-refractivity contribution is 0.0119. The maximum Gasteiger partial charge on any atom is 0.338 e. The second kappa shape index (κ2) is 7.06. The van der Waals surface area contributed by atoms with E-state index in [1.165, 1.54) is 19.2 Å². The van der Waals surface area contributed by atoms with Gasteiger partial charge in [0, 0.05) is 17.8 Å². The van der Waals surface area contributed by atoms with Gasteiger partial charge in [0.05, 0.1) is 17.1 Å². The van der Waals surface area contributed by atoms with E-state index in [1.807, 2.05) is 6.92 Å². The second-order valence-electron chi connectivity index (χ2n) is 4.28. The van der Waals surface area contributed by atoms with Crippen molar-refractivity contribution < 1.29 is 22.7 Å². The number of halogens is 1. The van der Waals surface area contributed by atoms with Crippen LogP contribution in [0.15, 0.2) is 23.1 Å². The van der Waals surface area contributed by atoms with Crippen LogP contribution >= 0.6 is 10.7 Å². The van der Waals surface area contributed by atoms with E-state index in [2.05, 4.69) is 0 Å². The van der Waals surface area contributed by atoms with Crippen molar-refractivity contribution in [3.8, 4) is 0 Å². The van der Waals surface area contributed by atoms with E-state index >= 15 is 0 Å². The van der Waals surface area contributed by atoms with Gasteiger partial charge in [-0.2, -0.15) is 0 Å². The number of hydrogen-bond donors (Lipinski definition) is 0. The summed E-state index contributed by atoms with van der Waals surface area (Å²) < 4.78 is 32.7. The quantitative estimate of drug-likeness (QED) is 0.594. The van der Waals surface area contributed by atoms with Gasteiger partial charge in [0.2, 0.25) is 0 Å². The molecule has 0 N–H and O–H groups in total. The molecule has 0 aromatic heterocycles. The van der Waals surface area contributed by atoms with E-state index in [9.17, 15) is 13.2 Å². The molecule has 0 saturated carbocycles. The molecule has 1 unspecified atom stereocenters. The summed E-state index contributed by atoms with van der Waals surface area (Å²) in [6, 6.07) is 4.17. The van der Waals surface area contributed by atoms with E-state index in [4.69, 9.17) is 20.2 Å². The van der Waals surface area contributed by atoms with Crippen molar-refractivity contribution in [1.82, 2.24) is 0 Å². The SMILES string of the molecule is CCc1ccc(S(=O)(=O)Cl)cc1C(=O)OC(C)COC. The summed E-state index contributed by atoms with van der Waals surface area (Å²) in [6.07, 6.45) is 0.152. The highest BCUT2D eigenvalue weighted by atomic mass is 35.7. The normalized spacial score (nSPS) is 13.0. The maximum atomic E-state index is 12.1. The third-order valence-corrected chi connectivity index (χ3v) is 4.02. The minimum Gasteiger partial charge on any atom is -0.457 e. The minimum absolute atomic E-state index is 0.122. The standard InChI is InChI=1S/C13H17ClO5S/c1-4-10-5-6-11(20(14,16)17)7-12(10)13(15)19-9(2)8-18-3/h5-7,9H,4,8H2,1-3H3. The summed E-state index contributed by atoms with van der Waals surface area (Å²) in [5.41, 5.74) is 0.904. The molecule has 0 spiro atoms. The summed E-state index contributed by atoms with van der Waals surface area (Å²) in [4.78, 5) is 12.0. The third-order valence-electron chi connectivity index (χ3n) is 2.67. The molecule has 1 aromatic carbocycles. The fourth-order valence-electron chi connectivity index (χ4n) is 1.72. The van der Waals surface area contributed by atoms with Crippen molar-refractivity contribution in [3.63, 3.8) is 0 Å². The number of esters is 1. The number of carbonyl (C=O) groups is 1. The van der Waals surface area contributed by atoms with Gasteiger partial charge in [-0.1, -0.05) is 13.0 Å². The van der Waals surface area contributed by atoms with Crippen molar-refractivity contribution in [2.24, 2.45) is 0 Å². The largest absolute Gasteiger partial charge is 0.457 e. The summed E-state index contributed by atoms with van der Waals surface area (Å²) in [7, 11) is 2.91. The Morgan fingerprint density at radius 2 is 2.05 bits per heavy atom. The Balaban J connectivity index is 3.11. The third kappa shape index (κ3) is 4.47. The maximum absolute atomic E-state index is 12.1. The predicted octanol–water partition coefficient (Wildman–Crippen LogP) is 2.37. The smallest absolute Gasteiger partial charge is 0.338 e. The van der Waals surface area contributed by atoms with Crippen LogP contribution in [0.4, 0.5) is 0 Å². The number of ether oxygens (including phenoxy) is 2. The van der Waals surface area contributed by atoms with E-state index in [1.54, 1.807) is 13.0 Å². The zero-order valence-electron chi connectivity index (χ0n) is 11.6. The number of benzene rings is 1. The molecule has 0 aliphatic heterocycles. The van der Waals surface area contributed by atoms with Crippen LogP contribution in [0, 0.1) is 0 Å². The van der Waals surface area contributed by atoms with Crippen LogP contribution in [0.1, 0.15) is 29.8 Å². The van der Waals surface area contributed by atoms with Crippen LogP contribution in [0.5, 0.6) is 0 Å². The van der Waals surface area contributed by atoms with Gasteiger partial charge in [-0.25, -0.2) is 13.2 Å². The summed E-state index contributed by atoms with van der Waals surface area (Å²) in [5, 5.41) is 0. The fraction of sp³-hybridized carbons (Fsp3) is 0.462. The molecule has 0 fully saturated rings. The van der Waals surface area contributed by atoms with Crippen LogP contribution < -0.4 is 0 Å². The first-order chi connectivity index (χ1) is 9.29. The molecule has 0 amide bonds. The monoisotopic (exact) mass is 320 g/mol. The first-order valence-corrected chi connectivity index (χ1v) is 8.38. The first-order valence-electron chi connectivity index (χ1n) is 6.07. The van der Waals surface area contributed by atoms with Crippen LogP contribution in [0.2, 0.25) is 0 Å². The van der Waals surface area contributed by atoms with Gasteiger partial charge in [0.15, 0.2) is 0 Å². The Morgan fingerprint density at radius 3 is 2.55 bits per heavy atom. The zero-order valence-corrected chi connectivity index (χ0v) is 13.1. The number of carbonyl (C=O) groups excluding carboxylic acids is 1. The highest BCUT2D eigenvalue weighted by Crippen LogP contribution is 2.21. The van der Waals surface area contributed by atoms with Crippen LogP contribution in [0.3, 0.4) is 0 Å². The first kappa shape index (κ1) is 16.9. The topological polar surface area (TPSA) is 69.7 Å². The molecule has 0 aliphatic carbocycles. The number of aryl methyl sites for hydroxylation is 1. The minimum atomic E-state index is -3.88. The highest BCUT2D eigenvalue weighted by Gasteiger charge is 2.19. The number of rotatable bonds is 6. The zero-order chi connectivity index (χ0) is 15.3. The molecule has 7 heteroatoms.